The second-order valence-electron chi connectivity index (χ2n) is 6.37. The molecule has 0 saturated heterocycles. The Morgan fingerprint density at radius 2 is 1.42 bits per heavy atom. The van der Waals surface area contributed by atoms with Gasteiger partial charge in [-0.05, 0) is 31.0 Å². The van der Waals surface area contributed by atoms with Crippen LogP contribution in [0.4, 0.5) is 11.4 Å². The fraction of sp³-hybridized carbons (Fsp3) is 0.500. The second-order valence-corrected chi connectivity index (χ2v) is 6.37. The van der Waals surface area contributed by atoms with E-state index in [0.717, 1.165) is 25.7 Å². The number of amides is 3. The molecule has 3 amide bonds. The van der Waals surface area contributed by atoms with Crippen LogP contribution in [0.1, 0.15) is 56.3 Å². The molecule has 1 aromatic rings. The van der Waals surface area contributed by atoms with Crippen LogP contribution in [0, 0.1) is 0 Å². The van der Waals surface area contributed by atoms with Gasteiger partial charge in [-0.25, -0.2) is 0 Å². The largest absolute Gasteiger partial charge is 0.339 e. The average Bonchev–Trinajstić information content (AvgIpc) is 2.52. The van der Waals surface area contributed by atoms with Gasteiger partial charge in [-0.1, -0.05) is 19.3 Å². The zero-order valence-corrected chi connectivity index (χ0v) is 14.5. The number of hydrogen-bond acceptors (Lipinski definition) is 3. The van der Waals surface area contributed by atoms with Crippen LogP contribution < -0.4 is 10.6 Å². The van der Waals surface area contributed by atoms with Gasteiger partial charge in [0.1, 0.15) is 0 Å². The first-order valence-electron chi connectivity index (χ1n) is 8.34. The highest BCUT2D eigenvalue weighted by Gasteiger charge is 2.23. The van der Waals surface area contributed by atoms with E-state index < -0.39 is 0 Å². The Labute approximate surface area is 142 Å². The SMILES string of the molecule is CC(=O)Nc1cc(NC(C)=O)cc(C(=O)N(C)C2CCCCC2)c1. The maximum Gasteiger partial charge on any atom is 0.253 e. The lowest BCUT2D eigenvalue weighted by Gasteiger charge is -2.31. The van der Waals surface area contributed by atoms with Gasteiger partial charge < -0.3 is 15.5 Å². The second kappa shape index (κ2) is 7.95. The van der Waals surface area contributed by atoms with E-state index in [1.165, 1.54) is 20.3 Å². The summed E-state index contributed by atoms with van der Waals surface area (Å²) >= 11 is 0. The molecule has 1 aromatic carbocycles. The minimum Gasteiger partial charge on any atom is -0.339 e. The molecule has 6 heteroatoms. The maximum absolute atomic E-state index is 12.8. The summed E-state index contributed by atoms with van der Waals surface area (Å²) in [5.74, 6) is -0.552. The Morgan fingerprint density at radius 3 is 1.88 bits per heavy atom. The highest BCUT2D eigenvalue weighted by molar-refractivity contribution is 6.00. The molecule has 1 fully saturated rings. The van der Waals surface area contributed by atoms with E-state index in [-0.39, 0.29) is 23.8 Å². The minimum atomic E-state index is -0.228. The summed E-state index contributed by atoms with van der Waals surface area (Å²) < 4.78 is 0. The molecule has 0 unspecified atom stereocenters. The molecule has 1 aliphatic rings. The van der Waals surface area contributed by atoms with Gasteiger partial charge in [0.25, 0.3) is 5.91 Å². The predicted octanol–water partition coefficient (Wildman–Crippen LogP) is 3.01. The van der Waals surface area contributed by atoms with Crippen LogP contribution in [-0.4, -0.2) is 35.7 Å². The van der Waals surface area contributed by atoms with E-state index in [2.05, 4.69) is 10.6 Å². The van der Waals surface area contributed by atoms with Crippen LogP contribution in [0.3, 0.4) is 0 Å². The monoisotopic (exact) mass is 331 g/mol. The van der Waals surface area contributed by atoms with Crippen molar-refractivity contribution in [1.29, 1.82) is 0 Å². The molecule has 2 N–H and O–H groups in total. The number of benzene rings is 1. The Morgan fingerprint density at radius 1 is 0.917 bits per heavy atom. The first-order valence-corrected chi connectivity index (χ1v) is 8.34. The summed E-state index contributed by atoms with van der Waals surface area (Å²) in [4.78, 5) is 37.2. The Bertz CT molecular complexity index is 602. The normalized spacial score (nSPS) is 14.8. The van der Waals surface area contributed by atoms with Gasteiger partial charge in [0.15, 0.2) is 0 Å². The van der Waals surface area contributed by atoms with E-state index in [0.29, 0.717) is 16.9 Å². The standard InChI is InChI=1S/C18H25N3O3/c1-12(22)19-15-9-14(10-16(11-15)20-13(2)23)18(24)21(3)17-7-5-4-6-8-17/h9-11,17H,4-8H2,1-3H3,(H,19,22)(H,20,23). The molecule has 6 nitrogen and oxygen atoms in total. The van der Waals surface area contributed by atoms with Crippen LogP contribution in [-0.2, 0) is 9.59 Å². The van der Waals surface area contributed by atoms with E-state index in [4.69, 9.17) is 0 Å². The van der Waals surface area contributed by atoms with Gasteiger partial charge in [0, 0.05) is 43.9 Å². The highest BCUT2D eigenvalue weighted by atomic mass is 16.2. The minimum absolute atomic E-state index is 0.0966. The van der Waals surface area contributed by atoms with Gasteiger partial charge in [0.2, 0.25) is 11.8 Å². The Hall–Kier alpha value is -2.37. The van der Waals surface area contributed by atoms with Crippen molar-refractivity contribution >= 4 is 29.1 Å². The van der Waals surface area contributed by atoms with Gasteiger partial charge in [-0.2, -0.15) is 0 Å². The van der Waals surface area contributed by atoms with E-state index >= 15 is 0 Å². The topological polar surface area (TPSA) is 78.5 Å². The molecule has 0 atom stereocenters. The van der Waals surface area contributed by atoms with Crippen molar-refractivity contribution in [2.45, 2.75) is 52.0 Å². The van der Waals surface area contributed by atoms with Crippen molar-refractivity contribution in [2.75, 3.05) is 17.7 Å². The molecule has 24 heavy (non-hydrogen) atoms. The van der Waals surface area contributed by atoms with Crippen molar-refractivity contribution in [3.05, 3.63) is 23.8 Å². The number of rotatable bonds is 4. The Balaban J connectivity index is 2.26. The Kier molecular flexibility index (Phi) is 5.95. The van der Waals surface area contributed by atoms with Gasteiger partial charge in [-0.3, -0.25) is 14.4 Å². The van der Waals surface area contributed by atoms with E-state index in [1.54, 1.807) is 23.1 Å². The summed E-state index contributed by atoms with van der Waals surface area (Å²) in [7, 11) is 1.82. The summed E-state index contributed by atoms with van der Waals surface area (Å²) in [6.07, 6.45) is 5.55. The molecule has 0 bridgehead atoms. The number of carbonyl (C=O) groups is 3. The van der Waals surface area contributed by atoms with Gasteiger partial charge >= 0.3 is 0 Å². The lowest BCUT2D eigenvalue weighted by molar-refractivity contribution is -0.115. The number of carbonyl (C=O) groups excluding carboxylic acids is 3. The zero-order valence-electron chi connectivity index (χ0n) is 14.5. The molecular formula is C18H25N3O3. The van der Waals surface area contributed by atoms with Crippen LogP contribution in [0.25, 0.3) is 0 Å². The third-order valence-corrected chi connectivity index (χ3v) is 4.26. The molecule has 1 aliphatic carbocycles. The van der Waals surface area contributed by atoms with Gasteiger partial charge in [0.05, 0.1) is 0 Å². The highest BCUT2D eigenvalue weighted by Crippen LogP contribution is 2.25. The molecule has 1 saturated carbocycles. The summed E-state index contributed by atoms with van der Waals surface area (Å²) in [5, 5.41) is 5.34. The fourth-order valence-electron chi connectivity index (χ4n) is 3.14. The van der Waals surface area contributed by atoms with E-state index in [9.17, 15) is 14.4 Å². The summed E-state index contributed by atoms with van der Waals surface area (Å²) in [6.45, 7) is 2.81. The average molecular weight is 331 g/mol. The number of nitrogens with one attached hydrogen (secondary N) is 2. The first-order chi connectivity index (χ1) is 11.4. The molecular weight excluding hydrogens is 306 g/mol. The van der Waals surface area contributed by atoms with Crippen LogP contribution >= 0.6 is 0 Å². The van der Waals surface area contributed by atoms with Crippen molar-refractivity contribution < 1.29 is 14.4 Å². The van der Waals surface area contributed by atoms with E-state index in [1.807, 2.05) is 7.05 Å². The molecule has 2 rings (SSSR count). The lowest BCUT2D eigenvalue weighted by atomic mass is 9.94. The number of anilines is 2. The lowest BCUT2D eigenvalue weighted by Crippen LogP contribution is -2.38. The molecule has 130 valence electrons. The predicted molar refractivity (Wildman–Crippen MR) is 94.0 cm³/mol. The quantitative estimate of drug-likeness (QED) is 0.890. The first kappa shape index (κ1) is 18.0. The number of hydrogen-bond donors (Lipinski definition) is 2. The number of nitrogens with zero attached hydrogens (tertiary/aromatic N) is 1. The molecule has 0 spiro atoms. The summed E-state index contributed by atoms with van der Waals surface area (Å²) in [6, 6.07) is 5.18. The van der Waals surface area contributed by atoms with Crippen LogP contribution in [0.2, 0.25) is 0 Å². The van der Waals surface area contributed by atoms with Crippen molar-refractivity contribution in [2.24, 2.45) is 0 Å². The van der Waals surface area contributed by atoms with Crippen LogP contribution in [0.5, 0.6) is 0 Å². The maximum atomic E-state index is 12.8. The van der Waals surface area contributed by atoms with Crippen molar-refractivity contribution in [3.63, 3.8) is 0 Å². The molecule has 0 heterocycles. The third-order valence-electron chi connectivity index (χ3n) is 4.26. The summed E-state index contributed by atoms with van der Waals surface area (Å²) in [5.41, 5.74) is 1.45. The van der Waals surface area contributed by atoms with Gasteiger partial charge in [-0.15, -0.1) is 0 Å². The molecule has 0 aromatic heterocycles. The third kappa shape index (κ3) is 4.81. The van der Waals surface area contributed by atoms with Crippen molar-refractivity contribution in [1.82, 2.24) is 4.90 Å². The zero-order chi connectivity index (χ0) is 17.7. The smallest absolute Gasteiger partial charge is 0.253 e. The molecule has 0 aliphatic heterocycles. The fourth-order valence-corrected chi connectivity index (χ4v) is 3.14. The van der Waals surface area contributed by atoms with Crippen molar-refractivity contribution in [3.8, 4) is 0 Å². The molecule has 0 radical (unpaired) electrons. The van der Waals surface area contributed by atoms with Crippen LogP contribution in [0.15, 0.2) is 18.2 Å².